The Bertz CT molecular complexity index is 1280. The lowest BCUT2D eigenvalue weighted by atomic mass is 9.85. The van der Waals surface area contributed by atoms with Crippen molar-refractivity contribution >= 4 is 21.8 Å². The molecule has 142 valence electrons. The Kier molecular flexibility index (Phi) is 4.06. The van der Waals surface area contributed by atoms with Gasteiger partial charge in [-0.3, -0.25) is 0 Å². The molecule has 0 spiro atoms. The van der Waals surface area contributed by atoms with E-state index in [1.807, 2.05) is 0 Å². The fourth-order valence-electron chi connectivity index (χ4n) is 4.19. The van der Waals surface area contributed by atoms with Gasteiger partial charge < -0.3 is 4.57 Å². The second kappa shape index (κ2) is 6.63. The van der Waals surface area contributed by atoms with Gasteiger partial charge in [-0.25, -0.2) is 0 Å². The van der Waals surface area contributed by atoms with Crippen molar-refractivity contribution in [1.29, 1.82) is 0 Å². The predicted octanol–water partition coefficient (Wildman–Crippen LogP) is 7.75. The zero-order valence-corrected chi connectivity index (χ0v) is 17.2. The summed E-state index contributed by atoms with van der Waals surface area (Å²) in [5, 5.41) is 2.59. The second-order valence-corrected chi connectivity index (χ2v) is 8.75. The monoisotopic (exact) mass is 375 g/mol. The molecule has 0 aliphatic heterocycles. The van der Waals surface area contributed by atoms with Crippen LogP contribution in [0.4, 0.5) is 0 Å². The number of benzene rings is 4. The largest absolute Gasteiger partial charge is 0.309 e. The van der Waals surface area contributed by atoms with E-state index in [1.54, 1.807) is 0 Å². The molecule has 0 fully saturated rings. The summed E-state index contributed by atoms with van der Waals surface area (Å²) >= 11 is 0. The molecule has 0 unspecified atom stereocenters. The highest BCUT2D eigenvalue weighted by Crippen LogP contribution is 2.33. The smallest absolute Gasteiger partial charge is 0.0541 e. The van der Waals surface area contributed by atoms with E-state index in [0.29, 0.717) is 0 Å². The molecule has 0 saturated carbocycles. The maximum absolute atomic E-state index is 2.38. The Hall–Kier alpha value is -3.32. The van der Waals surface area contributed by atoms with Crippen LogP contribution in [0.1, 0.15) is 26.3 Å². The maximum atomic E-state index is 2.38. The third-order valence-corrected chi connectivity index (χ3v) is 5.75. The molecule has 1 heteroatoms. The first-order valence-electron chi connectivity index (χ1n) is 10.2. The summed E-state index contributed by atoms with van der Waals surface area (Å²) < 4.78 is 2.38. The molecule has 1 nitrogen and oxygen atoms in total. The molecule has 0 amide bonds. The Morgan fingerprint density at radius 2 is 1.10 bits per heavy atom. The lowest BCUT2D eigenvalue weighted by Gasteiger charge is -2.20. The first kappa shape index (κ1) is 17.8. The van der Waals surface area contributed by atoms with Crippen LogP contribution in [0.25, 0.3) is 38.6 Å². The number of hydrogen-bond acceptors (Lipinski definition) is 0. The highest BCUT2D eigenvalue weighted by Gasteiger charge is 2.15. The summed E-state index contributed by atoms with van der Waals surface area (Å²) in [4.78, 5) is 0. The Balaban J connectivity index is 1.72. The average molecular weight is 376 g/mol. The third kappa shape index (κ3) is 3.03. The van der Waals surface area contributed by atoms with Gasteiger partial charge in [0.1, 0.15) is 0 Å². The molecule has 0 aliphatic carbocycles. The number of aromatic nitrogens is 1. The van der Waals surface area contributed by atoms with Gasteiger partial charge in [0, 0.05) is 16.5 Å². The predicted molar refractivity (Wildman–Crippen MR) is 125 cm³/mol. The zero-order chi connectivity index (χ0) is 20.0. The van der Waals surface area contributed by atoms with Gasteiger partial charge in [-0.2, -0.15) is 0 Å². The van der Waals surface area contributed by atoms with E-state index in [9.17, 15) is 0 Å². The molecule has 0 aliphatic rings. The molecule has 0 saturated heterocycles. The maximum Gasteiger partial charge on any atom is 0.0541 e. The first-order chi connectivity index (χ1) is 14.0. The SMILES string of the molecule is CC(C)(C)c1cccc(-c2cccc(-n3c4ccccc4c4ccccc43)c2)c1. The number of nitrogens with zero attached hydrogens (tertiary/aromatic N) is 1. The Labute approximate surface area is 172 Å². The third-order valence-electron chi connectivity index (χ3n) is 5.75. The van der Waals surface area contributed by atoms with Crippen molar-refractivity contribution in [2.45, 2.75) is 26.2 Å². The van der Waals surface area contributed by atoms with Crippen molar-refractivity contribution in [3.05, 3.63) is 103 Å². The summed E-state index contributed by atoms with van der Waals surface area (Å²) in [5.41, 5.74) is 7.69. The number of rotatable bonds is 2. The van der Waals surface area contributed by atoms with Crippen molar-refractivity contribution in [2.75, 3.05) is 0 Å². The molecule has 5 rings (SSSR count). The van der Waals surface area contributed by atoms with E-state index in [0.717, 1.165) is 0 Å². The normalized spacial score (nSPS) is 12.0. The Morgan fingerprint density at radius 3 is 1.72 bits per heavy atom. The summed E-state index contributed by atoms with van der Waals surface area (Å²) in [6, 6.07) is 35.1. The van der Waals surface area contributed by atoms with Crippen molar-refractivity contribution in [3.8, 4) is 16.8 Å². The number of fused-ring (bicyclic) bond motifs is 3. The van der Waals surface area contributed by atoms with Crippen molar-refractivity contribution in [2.24, 2.45) is 0 Å². The lowest BCUT2D eigenvalue weighted by Crippen LogP contribution is -2.10. The van der Waals surface area contributed by atoms with Crippen molar-refractivity contribution in [1.82, 2.24) is 4.57 Å². The average Bonchev–Trinajstić information content (AvgIpc) is 3.08. The van der Waals surface area contributed by atoms with Crippen LogP contribution >= 0.6 is 0 Å². The standard InChI is InChI=1S/C28H25N/c1-28(2,3)22-12-8-10-20(18-22)21-11-9-13-23(19-21)29-26-16-6-4-14-24(26)25-15-5-7-17-27(25)29/h4-19H,1-3H3. The molecule has 0 bridgehead atoms. The summed E-state index contributed by atoms with van der Waals surface area (Å²) in [7, 11) is 0. The van der Waals surface area contributed by atoms with E-state index in [-0.39, 0.29) is 5.41 Å². The van der Waals surface area contributed by atoms with Crippen LogP contribution in [-0.2, 0) is 5.41 Å². The highest BCUT2D eigenvalue weighted by molar-refractivity contribution is 6.09. The second-order valence-electron chi connectivity index (χ2n) is 8.75. The van der Waals surface area contributed by atoms with Crippen molar-refractivity contribution in [3.63, 3.8) is 0 Å². The van der Waals surface area contributed by atoms with Gasteiger partial charge >= 0.3 is 0 Å². The molecular formula is C28H25N. The first-order valence-corrected chi connectivity index (χ1v) is 10.2. The number of hydrogen-bond donors (Lipinski definition) is 0. The van der Waals surface area contributed by atoms with E-state index in [4.69, 9.17) is 0 Å². The lowest BCUT2D eigenvalue weighted by molar-refractivity contribution is 0.590. The molecule has 29 heavy (non-hydrogen) atoms. The molecule has 1 aromatic heterocycles. The van der Waals surface area contributed by atoms with Crippen LogP contribution in [0, 0.1) is 0 Å². The molecule has 0 N–H and O–H groups in total. The van der Waals surface area contributed by atoms with Crippen molar-refractivity contribution < 1.29 is 0 Å². The highest BCUT2D eigenvalue weighted by atomic mass is 15.0. The van der Waals surface area contributed by atoms with E-state index < -0.39 is 0 Å². The van der Waals surface area contributed by atoms with E-state index in [2.05, 4.69) is 122 Å². The van der Waals surface area contributed by atoms with Gasteiger partial charge in [0.2, 0.25) is 0 Å². The minimum atomic E-state index is 0.139. The number of para-hydroxylation sites is 2. The zero-order valence-electron chi connectivity index (χ0n) is 17.2. The van der Waals surface area contributed by atoms with Gasteiger partial charge in [0.05, 0.1) is 11.0 Å². The Morgan fingerprint density at radius 1 is 0.552 bits per heavy atom. The van der Waals surface area contributed by atoms with Gasteiger partial charge in [-0.05, 0) is 46.4 Å². The fraction of sp³-hybridized carbons (Fsp3) is 0.143. The quantitative estimate of drug-likeness (QED) is 0.297. The summed E-state index contributed by atoms with van der Waals surface area (Å²) in [5.74, 6) is 0. The molecule has 5 aromatic rings. The fourth-order valence-corrected chi connectivity index (χ4v) is 4.19. The molecule has 1 heterocycles. The van der Waals surface area contributed by atoms with Crippen LogP contribution in [-0.4, -0.2) is 4.57 Å². The van der Waals surface area contributed by atoms with E-state index >= 15 is 0 Å². The van der Waals surface area contributed by atoms with Gasteiger partial charge in [0.25, 0.3) is 0 Å². The van der Waals surface area contributed by atoms with Crippen LogP contribution < -0.4 is 0 Å². The van der Waals surface area contributed by atoms with Gasteiger partial charge in [-0.15, -0.1) is 0 Å². The minimum absolute atomic E-state index is 0.139. The van der Waals surface area contributed by atoms with Gasteiger partial charge in [-0.1, -0.05) is 93.6 Å². The van der Waals surface area contributed by atoms with Crippen LogP contribution in [0.3, 0.4) is 0 Å². The van der Waals surface area contributed by atoms with Crippen LogP contribution in [0.2, 0.25) is 0 Å². The van der Waals surface area contributed by atoms with E-state index in [1.165, 1.54) is 44.2 Å². The summed E-state index contributed by atoms with van der Waals surface area (Å²) in [6.07, 6.45) is 0. The van der Waals surface area contributed by atoms with Gasteiger partial charge in [0.15, 0.2) is 0 Å². The minimum Gasteiger partial charge on any atom is -0.309 e. The van der Waals surface area contributed by atoms with Crippen LogP contribution in [0.15, 0.2) is 97.1 Å². The molecule has 0 radical (unpaired) electrons. The molecular weight excluding hydrogens is 350 g/mol. The van der Waals surface area contributed by atoms with Crippen LogP contribution in [0.5, 0.6) is 0 Å². The topological polar surface area (TPSA) is 4.93 Å². The summed E-state index contributed by atoms with van der Waals surface area (Å²) in [6.45, 7) is 6.79. The molecule has 0 atom stereocenters. The molecule has 4 aromatic carbocycles.